The topological polar surface area (TPSA) is 85.3 Å². The summed E-state index contributed by atoms with van der Waals surface area (Å²) in [6.45, 7) is 4.03. The maximum atomic E-state index is 12.3. The van der Waals surface area contributed by atoms with Crippen LogP contribution in [0.1, 0.15) is 18.2 Å². The lowest BCUT2D eigenvalue weighted by atomic mass is 10.2. The molecule has 7 heteroatoms. The number of pyridine rings is 1. The molecule has 0 fully saturated rings. The summed E-state index contributed by atoms with van der Waals surface area (Å²) in [5, 5.41) is 13.8. The monoisotopic (exact) mass is 330 g/mol. The number of amides is 1. The minimum Gasteiger partial charge on any atom is -0.496 e. The second-order valence-electron chi connectivity index (χ2n) is 5.35. The number of nitro benzene ring substituents is 1. The van der Waals surface area contributed by atoms with Gasteiger partial charge in [-0.15, -0.1) is 0 Å². The fourth-order valence-electron chi connectivity index (χ4n) is 2.29. The van der Waals surface area contributed by atoms with Crippen molar-refractivity contribution in [3.63, 3.8) is 0 Å². The van der Waals surface area contributed by atoms with E-state index in [1.807, 2.05) is 36.7 Å². The Labute approximate surface area is 140 Å². The van der Waals surface area contributed by atoms with Crippen LogP contribution >= 0.6 is 0 Å². The molecule has 0 radical (unpaired) electrons. The number of anilines is 1. The molecule has 126 valence electrons. The molecule has 0 aliphatic heterocycles. The van der Waals surface area contributed by atoms with Gasteiger partial charge in [-0.05, 0) is 24.6 Å². The maximum Gasteiger partial charge on any atom is 0.296 e. The number of carbonyl (C=O) groups excluding carboxylic acids is 1. The summed E-state index contributed by atoms with van der Waals surface area (Å²) in [5.74, 6) is 0.0326. The number of hydrogen-bond acceptors (Lipinski definition) is 4. The Morgan fingerprint density at radius 1 is 1.33 bits per heavy atom. The van der Waals surface area contributed by atoms with Crippen LogP contribution < -0.4 is 14.6 Å². The lowest BCUT2D eigenvalue weighted by molar-refractivity contribution is -0.690. The van der Waals surface area contributed by atoms with E-state index in [9.17, 15) is 14.9 Å². The zero-order valence-corrected chi connectivity index (χ0v) is 13.9. The highest BCUT2D eigenvalue weighted by Crippen LogP contribution is 2.28. The Bertz CT molecular complexity index is 774. The largest absolute Gasteiger partial charge is 0.496 e. The van der Waals surface area contributed by atoms with E-state index in [4.69, 9.17) is 4.74 Å². The lowest BCUT2D eigenvalue weighted by Crippen LogP contribution is -2.43. The molecule has 0 aliphatic rings. The standard InChI is InChI=1S/C17H19N3O4/c1-4-13-6-5-12(2)19(10-13)11-17(21)18-15-8-7-14(24-3)9-16(15)20(22)23/h5-10H,4,11H2,1-3H3/p+1. The molecular weight excluding hydrogens is 310 g/mol. The van der Waals surface area contributed by atoms with Gasteiger partial charge in [-0.2, -0.15) is 4.57 Å². The van der Waals surface area contributed by atoms with Gasteiger partial charge in [-0.1, -0.05) is 6.92 Å². The molecule has 0 saturated carbocycles. The normalized spacial score (nSPS) is 10.3. The molecule has 7 nitrogen and oxygen atoms in total. The molecule has 0 saturated heterocycles. The number of carbonyl (C=O) groups is 1. The number of aromatic nitrogens is 1. The number of nitrogens with zero attached hydrogens (tertiary/aromatic N) is 2. The molecular formula is C17H20N3O4+. The summed E-state index contributed by atoms with van der Waals surface area (Å²) in [5.41, 5.74) is 2.00. The second-order valence-corrected chi connectivity index (χ2v) is 5.35. The quantitative estimate of drug-likeness (QED) is 0.501. The van der Waals surface area contributed by atoms with E-state index in [1.54, 1.807) is 6.07 Å². The first-order valence-corrected chi connectivity index (χ1v) is 7.55. The highest BCUT2D eigenvalue weighted by atomic mass is 16.6. The first-order chi connectivity index (χ1) is 11.4. The minimum absolute atomic E-state index is 0.0862. The van der Waals surface area contributed by atoms with Gasteiger partial charge in [0.1, 0.15) is 11.4 Å². The van der Waals surface area contributed by atoms with Gasteiger partial charge in [0.15, 0.2) is 11.9 Å². The molecule has 0 aliphatic carbocycles. The molecule has 24 heavy (non-hydrogen) atoms. The van der Waals surface area contributed by atoms with E-state index in [0.29, 0.717) is 5.75 Å². The van der Waals surface area contributed by atoms with Crippen molar-refractivity contribution in [1.82, 2.24) is 0 Å². The summed E-state index contributed by atoms with van der Waals surface area (Å²) in [6, 6.07) is 8.28. The first kappa shape index (κ1) is 17.4. The highest BCUT2D eigenvalue weighted by Gasteiger charge is 2.20. The molecule has 1 aromatic carbocycles. The Balaban J connectivity index is 2.20. The van der Waals surface area contributed by atoms with Crippen LogP contribution in [0.3, 0.4) is 0 Å². The molecule has 0 unspecified atom stereocenters. The van der Waals surface area contributed by atoms with Crippen molar-refractivity contribution in [2.75, 3.05) is 12.4 Å². The predicted molar refractivity (Wildman–Crippen MR) is 89.0 cm³/mol. The third kappa shape index (κ3) is 4.07. The van der Waals surface area contributed by atoms with E-state index in [2.05, 4.69) is 5.32 Å². The summed E-state index contributed by atoms with van der Waals surface area (Å²) < 4.78 is 6.80. The number of ether oxygens (including phenoxy) is 1. The van der Waals surface area contributed by atoms with Crippen molar-refractivity contribution < 1.29 is 19.0 Å². The van der Waals surface area contributed by atoms with Crippen LogP contribution in [0.15, 0.2) is 36.5 Å². The Hall–Kier alpha value is -2.96. The molecule has 1 heterocycles. The van der Waals surface area contributed by atoms with Gasteiger partial charge >= 0.3 is 0 Å². The average molecular weight is 330 g/mol. The van der Waals surface area contributed by atoms with E-state index in [1.165, 1.54) is 19.2 Å². The van der Waals surface area contributed by atoms with E-state index in [0.717, 1.165) is 17.7 Å². The van der Waals surface area contributed by atoms with Crippen LogP contribution in [0.4, 0.5) is 11.4 Å². The molecule has 1 amide bonds. The van der Waals surface area contributed by atoms with Gasteiger partial charge < -0.3 is 10.1 Å². The van der Waals surface area contributed by atoms with Crippen molar-refractivity contribution in [2.45, 2.75) is 26.8 Å². The van der Waals surface area contributed by atoms with Crippen molar-refractivity contribution in [3.8, 4) is 5.75 Å². The van der Waals surface area contributed by atoms with Crippen LogP contribution in [0, 0.1) is 17.0 Å². The first-order valence-electron chi connectivity index (χ1n) is 7.55. The lowest BCUT2D eigenvalue weighted by Gasteiger charge is -2.07. The van der Waals surface area contributed by atoms with Crippen LogP contribution in [-0.4, -0.2) is 17.9 Å². The van der Waals surface area contributed by atoms with Crippen LogP contribution in [0.25, 0.3) is 0 Å². The number of nitro groups is 1. The second kappa shape index (κ2) is 7.54. The van der Waals surface area contributed by atoms with E-state index >= 15 is 0 Å². The summed E-state index contributed by atoms with van der Waals surface area (Å²) >= 11 is 0. The third-order valence-corrected chi connectivity index (χ3v) is 3.71. The smallest absolute Gasteiger partial charge is 0.296 e. The minimum atomic E-state index is -0.547. The summed E-state index contributed by atoms with van der Waals surface area (Å²) in [4.78, 5) is 22.9. The fraction of sp³-hybridized carbons (Fsp3) is 0.294. The van der Waals surface area contributed by atoms with Gasteiger partial charge in [0.25, 0.3) is 11.6 Å². The summed E-state index contributed by atoms with van der Waals surface area (Å²) in [7, 11) is 1.43. The molecule has 2 rings (SSSR count). The molecule has 1 aromatic heterocycles. The molecule has 0 atom stereocenters. The van der Waals surface area contributed by atoms with Crippen molar-refractivity contribution in [2.24, 2.45) is 0 Å². The molecule has 0 spiro atoms. The predicted octanol–water partition coefficient (Wildman–Crippen LogP) is 2.40. The molecule has 2 aromatic rings. The summed E-state index contributed by atoms with van der Waals surface area (Å²) in [6.07, 6.45) is 2.78. The van der Waals surface area contributed by atoms with Gasteiger partial charge in [0, 0.05) is 18.6 Å². The zero-order valence-electron chi connectivity index (χ0n) is 13.9. The maximum absolute atomic E-state index is 12.3. The van der Waals surface area contributed by atoms with Crippen molar-refractivity contribution in [3.05, 3.63) is 57.9 Å². The molecule has 1 N–H and O–H groups in total. The SMILES string of the molecule is CCc1ccc(C)[n+](CC(=O)Nc2ccc(OC)cc2[N+](=O)[O-])c1. The number of methoxy groups -OCH3 is 1. The fourth-order valence-corrected chi connectivity index (χ4v) is 2.29. The van der Waals surface area contributed by atoms with Crippen LogP contribution in [0.5, 0.6) is 5.75 Å². The number of rotatable bonds is 6. The van der Waals surface area contributed by atoms with E-state index in [-0.39, 0.29) is 23.8 Å². The van der Waals surface area contributed by atoms with Crippen LogP contribution in [0.2, 0.25) is 0 Å². The Morgan fingerprint density at radius 3 is 2.71 bits per heavy atom. The number of nitrogens with one attached hydrogen (secondary N) is 1. The Kier molecular flexibility index (Phi) is 5.47. The van der Waals surface area contributed by atoms with Gasteiger partial charge in [0.05, 0.1) is 18.1 Å². The molecule has 0 bridgehead atoms. The van der Waals surface area contributed by atoms with Gasteiger partial charge in [-0.25, -0.2) is 0 Å². The average Bonchev–Trinajstić information content (AvgIpc) is 2.57. The number of aryl methyl sites for hydroxylation is 2. The van der Waals surface area contributed by atoms with E-state index < -0.39 is 4.92 Å². The number of hydrogen-bond donors (Lipinski definition) is 1. The zero-order chi connectivity index (χ0) is 17.7. The van der Waals surface area contributed by atoms with Gasteiger partial charge in [-0.3, -0.25) is 14.9 Å². The van der Waals surface area contributed by atoms with Crippen LogP contribution in [-0.2, 0) is 17.8 Å². The van der Waals surface area contributed by atoms with Crippen molar-refractivity contribution >= 4 is 17.3 Å². The Morgan fingerprint density at radius 2 is 2.08 bits per heavy atom. The third-order valence-electron chi connectivity index (χ3n) is 3.71. The van der Waals surface area contributed by atoms with Gasteiger partial charge in [0.2, 0.25) is 6.54 Å². The highest BCUT2D eigenvalue weighted by molar-refractivity contribution is 5.92. The number of benzene rings is 1. The van der Waals surface area contributed by atoms with Crippen molar-refractivity contribution in [1.29, 1.82) is 0 Å².